The van der Waals surface area contributed by atoms with Gasteiger partial charge in [-0.3, -0.25) is 4.79 Å². The minimum atomic E-state index is -0.262. The van der Waals surface area contributed by atoms with Crippen molar-refractivity contribution < 1.29 is 4.79 Å². The molecule has 1 aromatic carbocycles. The summed E-state index contributed by atoms with van der Waals surface area (Å²) in [4.78, 5) is 12.5. The fraction of sp³-hybridized carbons (Fsp3) is 0. The summed E-state index contributed by atoms with van der Waals surface area (Å²) in [6.07, 6.45) is 0. The predicted octanol–water partition coefficient (Wildman–Crippen LogP) is 2.67. The van der Waals surface area contributed by atoms with Crippen molar-refractivity contribution in [1.82, 2.24) is 0 Å². The molecule has 0 spiro atoms. The van der Waals surface area contributed by atoms with Gasteiger partial charge in [-0.05, 0) is 24.3 Å². The summed E-state index contributed by atoms with van der Waals surface area (Å²) in [7, 11) is 0. The molecule has 0 aliphatic rings. The van der Waals surface area contributed by atoms with Crippen LogP contribution in [0.1, 0.15) is 20.8 Å². The van der Waals surface area contributed by atoms with Crippen LogP contribution in [0.4, 0.5) is 10.7 Å². The molecular formula is C12H8ClN3OS. The van der Waals surface area contributed by atoms with E-state index in [4.69, 9.17) is 28.3 Å². The number of nitrogens with two attached hydrogens (primary N) is 2. The third-order valence-corrected chi connectivity index (χ3v) is 3.68. The standard InChI is InChI=1S/C12H8ClN3OS/c13-7-3-1-6(2-4-7)10(17)11-9(15)8(5-14)12(16)18-11/h1-4H,15-16H2. The zero-order valence-corrected chi connectivity index (χ0v) is 10.7. The second-order valence-corrected chi connectivity index (χ2v) is 5.02. The van der Waals surface area contributed by atoms with E-state index < -0.39 is 0 Å². The minimum Gasteiger partial charge on any atom is -0.396 e. The van der Waals surface area contributed by atoms with Crippen LogP contribution in [0.25, 0.3) is 0 Å². The maximum atomic E-state index is 12.2. The highest BCUT2D eigenvalue weighted by Crippen LogP contribution is 2.34. The number of ketones is 1. The Morgan fingerprint density at radius 1 is 1.28 bits per heavy atom. The van der Waals surface area contributed by atoms with Gasteiger partial charge < -0.3 is 11.5 Å². The Labute approximate surface area is 112 Å². The van der Waals surface area contributed by atoms with Gasteiger partial charge in [0.2, 0.25) is 5.78 Å². The predicted molar refractivity (Wildman–Crippen MR) is 72.7 cm³/mol. The molecule has 18 heavy (non-hydrogen) atoms. The highest BCUT2D eigenvalue weighted by atomic mass is 35.5. The Morgan fingerprint density at radius 2 is 1.89 bits per heavy atom. The van der Waals surface area contributed by atoms with Crippen molar-refractivity contribution >= 4 is 39.4 Å². The van der Waals surface area contributed by atoms with E-state index in [2.05, 4.69) is 0 Å². The molecule has 0 aliphatic carbocycles. The molecule has 6 heteroatoms. The van der Waals surface area contributed by atoms with Gasteiger partial charge in [0.15, 0.2) is 0 Å². The smallest absolute Gasteiger partial charge is 0.205 e. The van der Waals surface area contributed by atoms with E-state index in [1.165, 1.54) is 0 Å². The van der Waals surface area contributed by atoms with E-state index in [-0.39, 0.29) is 26.9 Å². The second kappa shape index (κ2) is 4.69. The van der Waals surface area contributed by atoms with E-state index >= 15 is 0 Å². The van der Waals surface area contributed by atoms with Crippen LogP contribution in [-0.2, 0) is 0 Å². The van der Waals surface area contributed by atoms with E-state index in [1.807, 2.05) is 6.07 Å². The Kier molecular flexibility index (Phi) is 3.24. The second-order valence-electron chi connectivity index (χ2n) is 3.53. The van der Waals surface area contributed by atoms with Gasteiger partial charge >= 0.3 is 0 Å². The Balaban J connectivity index is 2.47. The van der Waals surface area contributed by atoms with Crippen LogP contribution in [0, 0.1) is 11.3 Å². The number of nitriles is 1. The zero-order chi connectivity index (χ0) is 13.3. The summed E-state index contributed by atoms with van der Waals surface area (Å²) in [6, 6.07) is 8.33. The molecule has 0 bridgehead atoms. The minimum absolute atomic E-state index is 0.139. The van der Waals surface area contributed by atoms with Crippen LogP contribution < -0.4 is 11.5 Å². The third-order valence-electron chi connectivity index (χ3n) is 2.40. The lowest BCUT2D eigenvalue weighted by Crippen LogP contribution is -2.02. The molecule has 0 radical (unpaired) electrons. The molecule has 4 N–H and O–H groups in total. The lowest BCUT2D eigenvalue weighted by atomic mass is 10.1. The lowest BCUT2D eigenvalue weighted by molar-refractivity contribution is 0.104. The normalized spacial score (nSPS) is 10.0. The van der Waals surface area contributed by atoms with Crippen molar-refractivity contribution in [1.29, 1.82) is 5.26 Å². The van der Waals surface area contributed by atoms with E-state index in [1.54, 1.807) is 24.3 Å². The van der Waals surface area contributed by atoms with Crippen LogP contribution in [0.5, 0.6) is 0 Å². The number of nitrogen functional groups attached to an aromatic ring is 2. The molecule has 2 rings (SSSR count). The van der Waals surface area contributed by atoms with Gasteiger partial charge in [-0.1, -0.05) is 11.6 Å². The van der Waals surface area contributed by atoms with Gasteiger partial charge in [-0.25, -0.2) is 0 Å². The molecule has 0 atom stereocenters. The van der Waals surface area contributed by atoms with Crippen molar-refractivity contribution in [2.24, 2.45) is 0 Å². The van der Waals surface area contributed by atoms with E-state index in [0.29, 0.717) is 10.6 Å². The summed E-state index contributed by atoms with van der Waals surface area (Å²) in [5.74, 6) is -0.262. The van der Waals surface area contributed by atoms with Gasteiger partial charge in [0, 0.05) is 10.6 Å². The molecule has 0 saturated heterocycles. The van der Waals surface area contributed by atoms with Gasteiger partial charge in [-0.2, -0.15) is 5.26 Å². The number of carbonyl (C=O) groups excluding carboxylic acids is 1. The van der Waals surface area contributed by atoms with Crippen molar-refractivity contribution in [3.05, 3.63) is 45.3 Å². The van der Waals surface area contributed by atoms with E-state index in [0.717, 1.165) is 11.3 Å². The maximum absolute atomic E-state index is 12.2. The number of benzene rings is 1. The number of thiophene rings is 1. The summed E-state index contributed by atoms with van der Waals surface area (Å²) in [5.41, 5.74) is 12.1. The van der Waals surface area contributed by atoms with Gasteiger partial charge in [0.1, 0.15) is 21.5 Å². The summed E-state index contributed by atoms with van der Waals surface area (Å²) in [5, 5.41) is 9.67. The highest BCUT2D eigenvalue weighted by Gasteiger charge is 2.20. The third kappa shape index (κ3) is 2.04. The molecule has 2 aromatic rings. The topological polar surface area (TPSA) is 92.9 Å². The highest BCUT2D eigenvalue weighted by molar-refractivity contribution is 7.18. The van der Waals surface area contributed by atoms with Crippen LogP contribution in [0.3, 0.4) is 0 Å². The fourth-order valence-electron chi connectivity index (χ4n) is 1.48. The number of hydrogen-bond donors (Lipinski definition) is 2. The number of nitrogens with zero attached hydrogens (tertiary/aromatic N) is 1. The van der Waals surface area contributed by atoms with Crippen molar-refractivity contribution in [2.45, 2.75) is 0 Å². The van der Waals surface area contributed by atoms with Crippen LogP contribution >= 0.6 is 22.9 Å². The molecule has 0 saturated carbocycles. The monoisotopic (exact) mass is 277 g/mol. The molecule has 1 heterocycles. The average Bonchev–Trinajstić information content (AvgIpc) is 2.64. The van der Waals surface area contributed by atoms with Gasteiger partial charge in [0.05, 0.1) is 5.69 Å². The van der Waals surface area contributed by atoms with Crippen molar-refractivity contribution in [3.63, 3.8) is 0 Å². The summed E-state index contributed by atoms with van der Waals surface area (Å²) in [6.45, 7) is 0. The number of halogens is 1. The molecule has 0 unspecified atom stereocenters. The number of carbonyl (C=O) groups is 1. The molecule has 1 aromatic heterocycles. The molecule has 0 aliphatic heterocycles. The maximum Gasteiger partial charge on any atom is 0.205 e. The van der Waals surface area contributed by atoms with Gasteiger partial charge in [-0.15, -0.1) is 11.3 Å². The van der Waals surface area contributed by atoms with Crippen LogP contribution in [0.2, 0.25) is 5.02 Å². The zero-order valence-electron chi connectivity index (χ0n) is 9.11. The molecule has 4 nitrogen and oxygen atoms in total. The fourth-order valence-corrected chi connectivity index (χ4v) is 2.50. The lowest BCUT2D eigenvalue weighted by Gasteiger charge is -1.99. The van der Waals surface area contributed by atoms with E-state index in [9.17, 15) is 4.79 Å². The largest absolute Gasteiger partial charge is 0.396 e. The number of anilines is 2. The molecular weight excluding hydrogens is 270 g/mol. The number of rotatable bonds is 2. The Bertz CT molecular complexity index is 655. The average molecular weight is 278 g/mol. The first kappa shape index (κ1) is 12.4. The van der Waals surface area contributed by atoms with Crippen molar-refractivity contribution in [3.8, 4) is 6.07 Å². The quantitative estimate of drug-likeness (QED) is 0.825. The SMILES string of the molecule is N#Cc1c(N)sc(C(=O)c2ccc(Cl)cc2)c1N. The van der Waals surface area contributed by atoms with Crippen LogP contribution in [0.15, 0.2) is 24.3 Å². The Morgan fingerprint density at radius 3 is 2.39 bits per heavy atom. The molecule has 90 valence electrons. The summed E-state index contributed by atoms with van der Waals surface area (Å²) < 4.78 is 0. The van der Waals surface area contributed by atoms with Crippen molar-refractivity contribution in [2.75, 3.05) is 11.5 Å². The van der Waals surface area contributed by atoms with Gasteiger partial charge in [0.25, 0.3) is 0 Å². The molecule has 0 amide bonds. The number of hydrogen-bond acceptors (Lipinski definition) is 5. The van der Waals surface area contributed by atoms with Crippen LogP contribution in [-0.4, -0.2) is 5.78 Å². The first-order valence-electron chi connectivity index (χ1n) is 4.92. The Hall–Kier alpha value is -2.03. The first-order valence-corrected chi connectivity index (χ1v) is 6.12. The first-order chi connectivity index (χ1) is 8.54. The summed E-state index contributed by atoms with van der Waals surface area (Å²) >= 11 is 6.77. The molecule has 0 fully saturated rings.